The van der Waals surface area contributed by atoms with Crippen LogP contribution in [0.4, 0.5) is 0 Å². The molecule has 3 aliphatic rings. The van der Waals surface area contributed by atoms with Crippen LogP contribution in [0.15, 0.2) is 24.3 Å². The van der Waals surface area contributed by atoms with Gasteiger partial charge in [-0.25, -0.2) is 0 Å². The standard InChI is InChI=1S/C21H30N2O3/c1-25-18-6-2-16(3-7-18)14-23-11-8-21(9-12-23)10-13-26-15-19(21)22-20(24)17-4-5-17/h2-3,6-7,17,19H,4-5,8-15H2,1H3,(H,22,24)/t19-/m0/s1. The second-order valence-corrected chi connectivity index (χ2v) is 8.15. The van der Waals surface area contributed by atoms with Gasteiger partial charge in [-0.05, 0) is 68.3 Å². The second kappa shape index (κ2) is 7.57. The maximum atomic E-state index is 12.3. The molecule has 2 saturated heterocycles. The monoisotopic (exact) mass is 358 g/mol. The summed E-state index contributed by atoms with van der Waals surface area (Å²) < 4.78 is 11.0. The van der Waals surface area contributed by atoms with Gasteiger partial charge >= 0.3 is 0 Å². The van der Waals surface area contributed by atoms with Crippen LogP contribution in [-0.4, -0.2) is 50.3 Å². The van der Waals surface area contributed by atoms with Gasteiger partial charge in [0.25, 0.3) is 0 Å². The fraction of sp³-hybridized carbons (Fsp3) is 0.667. The molecule has 0 unspecified atom stereocenters. The van der Waals surface area contributed by atoms with E-state index in [4.69, 9.17) is 9.47 Å². The predicted octanol–water partition coefficient (Wildman–Crippen LogP) is 2.59. The largest absolute Gasteiger partial charge is 0.497 e. The molecule has 2 heterocycles. The zero-order valence-electron chi connectivity index (χ0n) is 15.7. The SMILES string of the molecule is COc1ccc(CN2CCC3(CCOC[C@@H]3NC(=O)C3CC3)CC2)cc1. The van der Waals surface area contributed by atoms with Crippen LogP contribution in [0.1, 0.15) is 37.7 Å². The van der Waals surface area contributed by atoms with Crippen LogP contribution in [-0.2, 0) is 16.1 Å². The number of hydrogen-bond acceptors (Lipinski definition) is 4. The van der Waals surface area contributed by atoms with Crippen LogP contribution in [0, 0.1) is 11.3 Å². The van der Waals surface area contributed by atoms with Crippen LogP contribution in [0.5, 0.6) is 5.75 Å². The van der Waals surface area contributed by atoms with Crippen molar-refractivity contribution in [3.63, 3.8) is 0 Å². The third-order valence-electron chi connectivity index (χ3n) is 6.45. The van der Waals surface area contributed by atoms with E-state index in [0.717, 1.165) is 64.1 Å². The number of hydrogen-bond donors (Lipinski definition) is 1. The van der Waals surface area contributed by atoms with E-state index in [9.17, 15) is 4.79 Å². The summed E-state index contributed by atoms with van der Waals surface area (Å²) in [5.41, 5.74) is 1.55. The fourth-order valence-corrected chi connectivity index (χ4v) is 4.40. The van der Waals surface area contributed by atoms with Crippen molar-refractivity contribution in [3.05, 3.63) is 29.8 Å². The highest BCUT2D eigenvalue weighted by Gasteiger charge is 2.45. The first-order valence-electron chi connectivity index (χ1n) is 9.92. The van der Waals surface area contributed by atoms with E-state index in [2.05, 4.69) is 22.3 Å². The molecular weight excluding hydrogens is 328 g/mol. The molecule has 26 heavy (non-hydrogen) atoms. The summed E-state index contributed by atoms with van der Waals surface area (Å²) in [4.78, 5) is 14.8. The topological polar surface area (TPSA) is 50.8 Å². The molecule has 3 fully saturated rings. The Balaban J connectivity index is 1.34. The van der Waals surface area contributed by atoms with Gasteiger partial charge in [-0.3, -0.25) is 9.69 Å². The van der Waals surface area contributed by atoms with Crippen molar-refractivity contribution in [1.82, 2.24) is 10.2 Å². The fourth-order valence-electron chi connectivity index (χ4n) is 4.40. The maximum Gasteiger partial charge on any atom is 0.223 e. The maximum absolute atomic E-state index is 12.3. The van der Waals surface area contributed by atoms with Crippen molar-refractivity contribution in [2.45, 2.75) is 44.7 Å². The van der Waals surface area contributed by atoms with Crippen molar-refractivity contribution in [2.75, 3.05) is 33.4 Å². The molecule has 1 amide bonds. The molecule has 1 atom stereocenters. The Labute approximate surface area is 156 Å². The third kappa shape index (κ3) is 3.89. The summed E-state index contributed by atoms with van der Waals surface area (Å²) in [6, 6.07) is 8.55. The van der Waals surface area contributed by atoms with E-state index >= 15 is 0 Å². The first-order chi connectivity index (χ1) is 12.7. The lowest BCUT2D eigenvalue weighted by Gasteiger charge is -2.49. The lowest BCUT2D eigenvalue weighted by Crippen LogP contribution is -2.57. The molecule has 5 heteroatoms. The summed E-state index contributed by atoms with van der Waals surface area (Å²) in [5, 5.41) is 3.32. The number of carbonyl (C=O) groups excluding carboxylic acids is 1. The normalized spacial score (nSPS) is 25.8. The van der Waals surface area contributed by atoms with Gasteiger partial charge < -0.3 is 14.8 Å². The van der Waals surface area contributed by atoms with Crippen LogP contribution in [0.25, 0.3) is 0 Å². The highest BCUT2D eigenvalue weighted by Crippen LogP contribution is 2.42. The number of piperidine rings is 1. The number of benzene rings is 1. The Bertz CT molecular complexity index is 619. The summed E-state index contributed by atoms with van der Waals surface area (Å²) in [7, 11) is 1.70. The van der Waals surface area contributed by atoms with E-state index in [1.165, 1.54) is 5.56 Å². The average Bonchev–Trinajstić information content (AvgIpc) is 3.52. The number of carbonyl (C=O) groups is 1. The lowest BCUT2D eigenvalue weighted by molar-refractivity contribution is -0.127. The number of methoxy groups -OCH3 is 1. The first-order valence-corrected chi connectivity index (χ1v) is 9.92. The first kappa shape index (κ1) is 17.8. The van der Waals surface area contributed by atoms with Gasteiger partial charge in [0.05, 0.1) is 19.8 Å². The molecular formula is C21H30N2O3. The number of nitrogens with zero attached hydrogens (tertiary/aromatic N) is 1. The zero-order valence-corrected chi connectivity index (χ0v) is 15.7. The van der Waals surface area contributed by atoms with Crippen molar-refractivity contribution >= 4 is 5.91 Å². The number of ether oxygens (including phenoxy) is 2. The molecule has 1 aromatic carbocycles. The Morgan fingerprint density at radius 3 is 2.62 bits per heavy atom. The van der Waals surface area contributed by atoms with E-state index in [-0.39, 0.29) is 23.3 Å². The number of likely N-dealkylation sites (tertiary alicyclic amines) is 1. The molecule has 1 N–H and O–H groups in total. The summed E-state index contributed by atoms with van der Waals surface area (Å²) in [6.45, 7) is 4.66. The molecule has 1 spiro atoms. The molecule has 1 aliphatic carbocycles. The molecule has 0 aromatic heterocycles. The van der Waals surface area contributed by atoms with E-state index < -0.39 is 0 Å². The number of amides is 1. The smallest absolute Gasteiger partial charge is 0.223 e. The highest BCUT2D eigenvalue weighted by atomic mass is 16.5. The van der Waals surface area contributed by atoms with Gasteiger partial charge in [0, 0.05) is 19.1 Å². The minimum absolute atomic E-state index is 0.187. The van der Waals surface area contributed by atoms with Gasteiger partial charge in [-0.1, -0.05) is 12.1 Å². The van der Waals surface area contributed by atoms with Gasteiger partial charge in [0.2, 0.25) is 5.91 Å². The van der Waals surface area contributed by atoms with Crippen LogP contribution in [0.3, 0.4) is 0 Å². The number of rotatable bonds is 5. The van der Waals surface area contributed by atoms with Crippen LogP contribution < -0.4 is 10.1 Å². The van der Waals surface area contributed by atoms with Crippen molar-refractivity contribution in [3.8, 4) is 5.75 Å². The molecule has 4 rings (SSSR count). The molecule has 5 nitrogen and oxygen atoms in total. The zero-order chi connectivity index (χ0) is 18.0. The van der Waals surface area contributed by atoms with E-state index in [1.807, 2.05) is 12.1 Å². The quantitative estimate of drug-likeness (QED) is 0.879. The lowest BCUT2D eigenvalue weighted by atomic mass is 9.69. The van der Waals surface area contributed by atoms with E-state index in [1.54, 1.807) is 7.11 Å². The molecule has 0 bridgehead atoms. The van der Waals surface area contributed by atoms with Crippen LogP contribution >= 0.6 is 0 Å². The predicted molar refractivity (Wildman–Crippen MR) is 100 cm³/mol. The Morgan fingerprint density at radius 2 is 1.96 bits per heavy atom. The van der Waals surface area contributed by atoms with Crippen molar-refractivity contribution in [1.29, 1.82) is 0 Å². The third-order valence-corrected chi connectivity index (χ3v) is 6.45. The molecule has 1 aromatic rings. The molecule has 142 valence electrons. The van der Waals surface area contributed by atoms with Gasteiger partial charge in [0.1, 0.15) is 5.75 Å². The molecule has 2 aliphatic heterocycles. The summed E-state index contributed by atoms with van der Waals surface area (Å²) in [6.07, 6.45) is 5.47. The van der Waals surface area contributed by atoms with Crippen LogP contribution in [0.2, 0.25) is 0 Å². The summed E-state index contributed by atoms with van der Waals surface area (Å²) >= 11 is 0. The van der Waals surface area contributed by atoms with Gasteiger partial charge in [-0.15, -0.1) is 0 Å². The molecule has 1 saturated carbocycles. The average molecular weight is 358 g/mol. The summed E-state index contributed by atoms with van der Waals surface area (Å²) in [5.74, 6) is 1.42. The number of nitrogens with one attached hydrogen (secondary N) is 1. The minimum Gasteiger partial charge on any atom is -0.497 e. The molecule has 0 radical (unpaired) electrons. The second-order valence-electron chi connectivity index (χ2n) is 8.15. The van der Waals surface area contributed by atoms with Gasteiger partial charge in [-0.2, -0.15) is 0 Å². The Hall–Kier alpha value is -1.59. The van der Waals surface area contributed by atoms with Crippen molar-refractivity contribution in [2.24, 2.45) is 11.3 Å². The minimum atomic E-state index is 0.187. The Kier molecular flexibility index (Phi) is 5.18. The van der Waals surface area contributed by atoms with E-state index in [0.29, 0.717) is 6.61 Å². The van der Waals surface area contributed by atoms with Crippen molar-refractivity contribution < 1.29 is 14.3 Å². The van der Waals surface area contributed by atoms with Gasteiger partial charge in [0.15, 0.2) is 0 Å². The highest BCUT2D eigenvalue weighted by molar-refractivity contribution is 5.81. The Morgan fingerprint density at radius 1 is 1.23 bits per heavy atom.